The van der Waals surface area contributed by atoms with Crippen LogP contribution in [0.1, 0.15) is 30.3 Å². The van der Waals surface area contributed by atoms with Gasteiger partial charge in [-0.1, -0.05) is 28.1 Å². The Kier molecular flexibility index (Phi) is 3.36. The third-order valence-corrected chi connectivity index (χ3v) is 2.61. The molecule has 0 amide bonds. The van der Waals surface area contributed by atoms with E-state index in [2.05, 4.69) is 26.1 Å². The van der Waals surface area contributed by atoms with Gasteiger partial charge in [0, 0.05) is 4.47 Å². The van der Waals surface area contributed by atoms with E-state index in [0.29, 0.717) is 18.2 Å². The lowest BCUT2D eigenvalue weighted by Gasteiger charge is -1.98. The lowest BCUT2D eigenvalue weighted by molar-refractivity contribution is 0.433. The Morgan fingerprint density at radius 3 is 2.88 bits per heavy atom. The molecule has 5 heteroatoms. The van der Waals surface area contributed by atoms with Crippen LogP contribution in [0.5, 0.6) is 0 Å². The summed E-state index contributed by atoms with van der Waals surface area (Å²) < 4.78 is 6.47. The predicted molar refractivity (Wildman–Crippen MR) is 63.8 cm³/mol. The molecule has 1 atom stereocenters. The third kappa shape index (κ3) is 2.68. The van der Waals surface area contributed by atoms with Crippen molar-refractivity contribution in [1.82, 2.24) is 10.2 Å². The normalized spacial score (nSPS) is 12.7. The van der Waals surface area contributed by atoms with E-state index in [0.717, 1.165) is 10.0 Å². The molecule has 1 unspecified atom stereocenters. The Bertz CT molecular complexity index is 482. The Morgan fingerprint density at radius 1 is 1.44 bits per heavy atom. The molecule has 0 saturated heterocycles. The second-order valence-corrected chi connectivity index (χ2v) is 4.55. The van der Waals surface area contributed by atoms with Crippen LogP contribution < -0.4 is 5.73 Å². The zero-order chi connectivity index (χ0) is 11.5. The fourth-order valence-corrected chi connectivity index (χ4v) is 1.79. The van der Waals surface area contributed by atoms with Crippen molar-refractivity contribution in [3.8, 4) is 0 Å². The van der Waals surface area contributed by atoms with Crippen LogP contribution in [0.4, 0.5) is 0 Å². The molecule has 0 spiro atoms. The van der Waals surface area contributed by atoms with E-state index in [1.54, 1.807) is 0 Å². The van der Waals surface area contributed by atoms with Gasteiger partial charge in [0.2, 0.25) is 11.8 Å². The molecule has 2 rings (SSSR count). The van der Waals surface area contributed by atoms with Gasteiger partial charge in [-0.05, 0) is 24.6 Å². The fraction of sp³-hybridized carbons (Fsp3) is 0.273. The average molecular weight is 282 g/mol. The van der Waals surface area contributed by atoms with Crippen LogP contribution >= 0.6 is 15.9 Å². The molecule has 2 aromatic rings. The van der Waals surface area contributed by atoms with Crippen molar-refractivity contribution in [3.05, 3.63) is 46.1 Å². The summed E-state index contributed by atoms with van der Waals surface area (Å²) in [4.78, 5) is 0. The molecule has 84 valence electrons. The van der Waals surface area contributed by atoms with Gasteiger partial charge >= 0.3 is 0 Å². The molecule has 1 aromatic carbocycles. The third-order valence-electron chi connectivity index (χ3n) is 2.12. The van der Waals surface area contributed by atoms with Gasteiger partial charge in [-0.25, -0.2) is 0 Å². The van der Waals surface area contributed by atoms with Crippen molar-refractivity contribution in [2.45, 2.75) is 19.4 Å². The molecular formula is C11H12BrN3O. The van der Waals surface area contributed by atoms with E-state index in [1.807, 2.05) is 31.2 Å². The zero-order valence-electron chi connectivity index (χ0n) is 8.85. The first-order valence-electron chi connectivity index (χ1n) is 4.97. The molecule has 1 heterocycles. The van der Waals surface area contributed by atoms with Crippen LogP contribution in [0.15, 0.2) is 33.2 Å². The number of nitrogens with zero attached hydrogens (tertiary/aromatic N) is 2. The highest BCUT2D eigenvalue weighted by atomic mass is 79.9. The molecule has 0 aliphatic heterocycles. The molecular weight excluding hydrogens is 270 g/mol. The van der Waals surface area contributed by atoms with Crippen molar-refractivity contribution in [1.29, 1.82) is 0 Å². The minimum atomic E-state index is -0.219. The average Bonchev–Trinajstić information content (AvgIpc) is 2.66. The molecule has 0 saturated carbocycles. The summed E-state index contributed by atoms with van der Waals surface area (Å²) in [5, 5.41) is 7.83. The summed E-state index contributed by atoms with van der Waals surface area (Å²) in [5.74, 6) is 1.07. The molecule has 0 aliphatic rings. The number of aromatic nitrogens is 2. The first-order valence-corrected chi connectivity index (χ1v) is 5.77. The number of hydrogen-bond acceptors (Lipinski definition) is 4. The van der Waals surface area contributed by atoms with Crippen LogP contribution in [-0.4, -0.2) is 10.2 Å². The minimum Gasteiger partial charge on any atom is -0.423 e. The van der Waals surface area contributed by atoms with Crippen LogP contribution in [-0.2, 0) is 6.42 Å². The predicted octanol–water partition coefficient (Wildman–Crippen LogP) is 2.44. The summed E-state index contributed by atoms with van der Waals surface area (Å²) in [5.41, 5.74) is 6.76. The van der Waals surface area contributed by atoms with E-state index >= 15 is 0 Å². The molecule has 0 aliphatic carbocycles. The number of halogens is 1. The first-order chi connectivity index (χ1) is 7.65. The highest BCUT2D eigenvalue weighted by Gasteiger charge is 2.10. The minimum absolute atomic E-state index is 0.219. The van der Waals surface area contributed by atoms with Gasteiger partial charge in [0.1, 0.15) is 0 Å². The maximum absolute atomic E-state index is 5.64. The van der Waals surface area contributed by atoms with E-state index in [1.165, 1.54) is 0 Å². The maximum Gasteiger partial charge on any atom is 0.232 e. The lowest BCUT2D eigenvalue weighted by atomic mass is 10.1. The molecule has 16 heavy (non-hydrogen) atoms. The van der Waals surface area contributed by atoms with Gasteiger partial charge in [0.25, 0.3) is 0 Å². The number of rotatable bonds is 3. The lowest BCUT2D eigenvalue weighted by Crippen LogP contribution is -2.04. The Labute approximate surface area is 102 Å². The van der Waals surface area contributed by atoms with Crippen LogP contribution in [0.2, 0.25) is 0 Å². The summed E-state index contributed by atoms with van der Waals surface area (Å²) in [6.45, 7) is 1.82. The quantitative estimate of drug-likeness (QED) is 0.939. The summed E-state index contributed by atoms with van der Waals surface area (Å²) in [6.07, 6.45) is 0.624. The van der Waals surface area contributed by atoms with Crippen molar-refractivity contribution < 1.29 is 4.42 Å². The van der Waals surface area contributed by atoms with Crippen LogP contribution in [0, 0.1) is 0 Å². The van der Waals surface area contributed by atoms with Crippen molar-refractivity contribution in [3.63, 3.8) is 0 Å². The summed E-state index contributed by atoms with van der Waals surface area (Å²) in [7, 11) is 0. The zero-order valence-corrected chi connectivity index (χ0v) is 10.4. The molecule has 0 radical (unpaired) electrons. The standard InChI is InChI=1S/C11H12BrN3O/c1-7(13)11-15-14-10(16-11)6-8-3-2-4-9(12)5-8/h2-5,7H,6,13H2,1H3. The van der Waals surface area contributed by atoms with Gasteiger partial charge in [-0.2, -0.15) is 0 Å². The van der Waals surface area contributed by atoms with Crippen molar-refractivity contribution >= 4 is 15.9 Å². The van der Waals surface area contributed by atoms with Gasteiger partial charge in [0.05, 0.1) is 12.5 Å². The number of hydrogen-bond donors (Lipinski definition) is 1. The Hall–Kier alpha value is -1.20. The van der Waals surface area contributed by atoms with E-state index in [-0.39, 0.29) is 6.04 Å². The Balaban J connectivity index is 2.14. The van der Waals surface area contributed by atoms with E-state index in [4.69, 9.17) is 10.2 Å². The molecule has 0 bridgehead atoms. The van der Waals surface area contributed by atoms with E-state index < -0.39 is 0 Å². The van der Waals surface area contributed by atoms with Crippen LogP contribution in [0.25, 0.3) is 0 Å². The van der Waals surface area contributed by atoms with Crippen molar-refractivity contribution in [2.75, 3.05) is 0 Å². The van der Waals surface area contributed by atoms with Gasteiger partial charge in [-0.15, -0.1) is 10.2 Å². The van der Waals surface area contributed by atoms with Gasteiger partial charge in [-0.3, -0.25) is 0 Å². The Morgan fingerprint density at radius 2 is 2.25 bits per heavy atom. The fourth-order valence-electron chi connectivity index (χ4n) is 1.34. The second-order valence-electron chi connectivity index (χ2n) is 3.63. The first kappa shape index (κ1) is 11.3. The molecule has 2 N–H and O–H groups in total. The number of benzene rings is 1. The highest BCUT2D eigenvalue weighted by molar-refractivity contribution is 9.10. The molecule has 1 aromatic heterocycles. The van der Waals surface area contributed by atoms with Crippen molar-refractivity contribution in [2.24, 2.45) is 5.73 Å². The topological polar surface area (TPSA) is 64.9 Å². The van der Waals surface area contributed by atoms with Gasteiger partial charge < -0.3 is 10.2 Å². The number of nitrogens with two attached hydrogens (primary N) is 1. The maximum atomic E-state index is 5.64. The van der Waals surface area contributed by atoms with E-state index in [9.17, 15) is 0 Å². The summed E-state index contributed by atoms with van der Waals surface area (Å²) >= 11 is 3.42. The second kappa shape index (κ2) is 4.76. The smallest absolute Gasteiger partial charge is 0.232 e. The van der Waals surface area contributed by atoms with Gasteiger partial charge in [0.15, 0.2) is 0 Å². The largest absolute Gasteiger partial charge is 0.423 e. The molecule has 0 fully saturated rings. The summed E-state index contributed by atoms with van der Waals surface area (Å²) in [6, 6.07) is 7.77. The SMILES string of the molecule is CC(N)c1nnc(Cc2cccc(Br)c2)o1. The molecule has 4 nitrogen and oxygen atoms in total. The monoisotopic (exact) mass is 281 g/mol. The van der Waals surface area contributed by atoms with Crippen LogP contribution in [0.3, 0.4) is 0 Å². The highest BCUT2D eigenvalue weighted by Crippen LogP contribution is 2.15.